The molecule has 0 aliphatic carbocycles. The molecule has 3 aromatic rings. The molecule has 1 aliphatic rings. The number of aromatic nitrogens is 2. The summed E-state index contributed by atoms with van der Waals surface area (Å²) < 4.78 is 4.53. The fourth-order valence-corrected chi connectivity index (χ4v) is 3.93. The Morgan fingerprint density at radius 3 is 2.52 bits per heavy atom. The van der Waals surface area contributed by atoms with Gasteiger partial charge in [0.1, 0.15) is 17.7 Å². The predicted octanol–water partition coefficient (Wildman–Crippen LogP) is 1.88. The van der Waals surface area contributed by atoms with Crippen LogP contribution in [0.5, 0.6) is 5.75 Å². The maximum atomic E-state index is 12.5. The molecular formula is C24H26N4O5. The van der Waals surface area contributed by atoms with Crippen LogP contribution in [-0.2, 0) is 14.3 Å². The number of aromatic hydroxyl groups is 1. The van der Waals surface area contributed by atoms with Crippen molar-refractivity contribution in [3.63, 3.8) is 0 Å². The number of phenolic OH excluding ortho intramolecular Hbond substituents is 1. The van der Waals surface area contributed by atoms with Gasteiger partial charge in [-0.3, -0.25) is 9.59 Å². The summed E-state index contributed by atoms with van der Waals surface area (Å²) in [6.45, 7) is 3.74. The molecule has 33 heavy (non-hydrogen) atoms. The Morgan fingerprint density at radius 1 is 1.09 bits per heavy atom. The zero-order valence-corrected chi connectivity index (χ0v) is 18.6. The number of rotatable bonds is 5. The number of aliphatic hydroxyl groups is 1. The van der Waals surface area contributed by atoms with Crippen molar-refractivity contribution in [3.8, 4) is 17.1 Å². The molecule has 172 valence electrons. The Bertz CT molecular complexity index is 1190. The van der Waals surface area contributed by atoms with Gasteiger partial charge in [-0.1, -0.05) is 18.2 Å². The first kappa shape index (κ1) is 22.5. The lowest BCUT2D eigenvalue weighted by molar-refractivity contribution is -0.150. The number of piperazine rings is 1. The van der Waals surface area contributed by atoms with Gasteiger partial charge in [-0.2, -0.15) is 0 Å². The third-order valence-corrected chi connectivity index (χ3v) is 5.74. The number of carbonyl (C=O) groups excluding carboxylic acids is 2. The van der Waals surface area contributed by atoms with Crippen molar-refractivity contribution in [1.29, 1.82) is 0 Å². The van der Waals surface area contributed by atoms with Crippen LogP contribution in [0.4, 0.5) is 5.82 Å². The number of carbonyl (C=O) groups is 2. The number of anilines is 1. The fourth-order valence-electron chi connectivity index (χ4n) is 3.93. The highest BCUT2D eigenvalue weighted by Gasteiger charge is 2.29. The molecule has 0 radical (unpaired) electrons. The lowest BCUT2D eigenvalue weighted by Gasteiger charge is -2.36. The third kappa shape index (κ3) is 4.73. The molecule has 1 saturated heterocycles. The number of aryl methyl sites for hydroxylation is 1. The number of fused-ring (bicyclic) bond motifs is 1. The van der Waals surface area contributed by atoms with Crippen LogP contribution in [0, 0.1) is 6.92 Å². The van der Waals surface area contributed by atoms with Crippen LogP contribution in [0.25, 0.3) is 22.3 Å². The van der Waals surface area contributed by atoms with E-state index in [4.69, 9.17) is 4.98 Å². The van der Waals surface area contributed by atoms with Gasteiger partial charge in [0.15, 0.2) is 5.82 Å². The van der Waals surface area contributed by atoms with Crippen LogP contribution >= 0.6 is 0 Å². The zero-order chi connectivity index (χ0) is 23.5. The van der Waals surface area contributed by atoms with E-state index in [0.717, 1.165) is 22.3 Å². The predicted molar refractivity (Wildman–Crippen MR) is 123 cm³/mol. The second-order valence-electron chi connectivity index (χ2n) is 8.02. The standard InChI is InChI=1S/C24H26N4O5/c1-15-7-8-16-18(13-15)25-22(17-5-3-4-6-19(17)29)26-23(16)27-9-11-28(12-10-27)24(32)20(30)14-21(31)33-2/h3-8,13,20,29-30H,9-12,14H2,1-2H3/t20-/m1/s1. The molecule has 9 nitrogen and oxygen atoms in total. The molecule has 2 N–H and O–H groups in total. The maximum Gasteiger partial charge on any atom is 0.308 e. The molecule has 1 fully saturated rings. The van der Waals surface area contributed by atoms with Crippen molar-refractivity contribution in [2.45, 2.75) is 19.4 Å². The minimum Gasteiger partial charge on any atom is -0.507 e. The molecule has 1 aliphatic heterocycles. The number of para-hydroxylation sites is 1. The van der Waals surface area contributed by atoms with E-state index in [0.29, 0.717) is 37.6 Å². The van der Waals surface area contributed by atoms with E-state index in [1.807, 2.05) is 31.2 Å². The lowest BCUT2D eigenvalue weighted by Crippen LogP contribution is -2.52. The van der Waals surface area contributed by atoms with Gasteiger partial charge in [-0.25, -0.2) is 9.97 Å². The van der Waals surface area contributed by atoms with Gasteiger partial charge in [0.25, 0.3) is 5.91 Å². The smallest absolute Gasteiger partial charge is 0.308 e. The Balaban J connectivity index is 1.60. The quantitative estimate of drug-likeness (QED) is 0.566. The van der Waals surface area contributed by atoms with Crippen molar-refractivity contribution in [2.24, 2.45) is 0 Å². The zero-order valence-electron chi connectivity index (χ0n) is 18.6. The number of esters is 1. The number of phenols is 1. The van der Waals surface area contributed by atoms with Crippen LogP contribution in [-0.4, -0.2) is 76.4 Å². The van der Waals surface area contributed by atoms with Crippen molar-refractivity contribution < 1.29 is 24.5 Å². The van der Waals surface area contributed by atoms with Crippen molar-refractivity contribution in [2.75, 3.05) is 38.2 Å². The summed E-state index contributed by atoms with van der Waals surface area (Å²) in [7, 11) is 1.22. The molecule has 0 saturated carbocycles. The number of amides is 1. The van der Waals surface area contributed by atoms with Crippen molar-refractivity contribution in [1.82, 2.24) is 14.9 Å². The number of hydrogen-bond donors (Lipinski definition) is 2. The van der Waals surface area contributed by atoms with Crippen LogP contribution in [0.2, 0.25) is 0 Å². The Labute approximate surface area is 191 Å². The summed E-state index contributed by atoms with van der Waals surface area (Å²) >= 11 is 0. The number of aliphatic hydroxyl groups excluding tert-OH is 1. The molecule has 2 heterocycles. The molecule has 0 bridgehead atoms. The number of methoxy groups -OCH3 is 1. The fraction of sp³-hybridized carbons (Fsp3) is 0.333. The Kier molecular flexibility index (Phi) is 6.41. The minimum absolute atomic E-state index is 0.102. The van der Waals surface area contributed by atoms with Gasteiger partial charge in [0.05, 0.1) is 24.6 Å². The highest BCUT2D eigenvalue weighted by Crippen LogP contribution is 2.32. The summed E-state index contributed by atoms with van der Waals surface area (Å²) in [6.07, 6.45) is -1.78. The topological polar surface area (TPSA) is 116 Å². The van der Waals surface area contributed by atoms with Crippen LogP contribution in [0.15, 0.2) is 42.5 Å². The first-order valence-electron chi connectivity index (χ1n) is 10.7. The van der Waals surface area contributed by atoms with Gasteiger partial charge in [-0.15, -0.1) is 0 Å². The number of ether oxygens (including phenoxy) is 1. The second kappa shape index (κ2) is 9.41. The van der Waals surface area contributed by atoms with Crippen LogP contribution in [0.3, 0.4) is 0 Å². The Hall–Kier alpha value is -3.72. The largest absolute Gasteiger partial charge is 0.507 e. The maximum absolute atomic E-state index is 12.5. The van der Waals surface area contributed by atoms with E-state index in [1.165, 1.54) is 7.11 Å². The average Bonchev–Trinajstić information content (AvgIpc) is 2.83. The minimum atomic E-state index is -1.42. The number of nitrogens with zero attached hydrogens (tertiary/aromatic N) is 4. The van der Waals surface area contributed by atoms with E-state index in [9.17, 15) is 19.8 Å². The van der Waals surface area contributed by atoms with E-state index in [1.54, 1.807) is 23.1 Å². The van der Waals surface area contributed by atoms with E-state index < -0.39 is 18.0 Å². The summed E-state index contributed by atoms with van der Waals surface area (Å²) in [5.74, 6) is 0.131. The molecule has 2 aromatic carbocycles. The van der Waals surface area contributed by atoms with Gasteiger partial charge in [0, 0.05) is 31.6 Å². The number of hydrogen-bond acceptors (Lipinski definition) is 8. The first-order chi connectivity index (χ1) is 15.9. The molecular weight excluding hydrogens is 424 g/mol. The van der Waals surface area contributed by atoms with Crippen LogP contribution in [0.1, 0.15) is 12.0 Å². The second-order valence-corrected chi connectivity index (χ2v) is 8.02. The molecule has 4 rings (SSSR count). The molecule has 0 spiro atoms. The first-order valence-corrected chi connectivity index (χ1v) is 10.7. The van der Waals surface area contributed by atoms with Gasteiger partial charge in [0.2, 0.25) is 0 Å². The van der Waals surface area contributed by atoms with Crippen LogP contribution < -0.4 is 4.90 Å². The molecule has 0 unspecified atom stereocenters. The normalized spacial score (nSPS) is 14.9. The van der Waals surface area contributed by atoms with Gasteiger partial charge in [-0.05, 0) is 36.8 Å². The lowest BCUT2D eigenvalue weighted by atomic mass is 10.1. The van der Waals surface area contributed by atoms with E-state index in [-0.39, 0.29) is 12.2 Å². The molecule has 1 amide bonds. The van der Waals surface area contributed by atoms with E-state index in [2.05, 4.69) is 14.6 Å². The van der Waals surface area contributed by atoms with Crippen molar-refractivity contribution >= 4 is 28.6 Å². The third-order valence-electron chi connectivity index (χ3n) is 5.74. The summed E-state index contributed by atoms with van der Waals surface area (Å²) in [6, 6.07) is 12.9. The molecule has 9 heteroatoms. The Morgan fingerprint density at radius 2 is 1.82 bits per heavy atom. The average molecular weight is 450 g/mol. The summed E-state index contributed by atoms with van der Waals surface area (Å²) in [5, 5.41) is 21.3. The molecule has 1 aromatic heterocycles. The number of benzene rings is 2. The summed E-state index contributed by atoms with van der Waals surface area (Å²) in [5.41, 5.74) is 2.37. The van der Waals surface area contributed by atoms with E-state index >= 15 is 0 Å². The highest BCUT2D eigenvalue weighted by atomic mass is 16.5. The monoisotopic (exact) mass is 450 g/mol. The van der Waals surface area contributed by atoms with Gasteiger partial charge < -0.3 is 24.7 Å². The highest BCUT2D eigenvalue weighted by molar-refractivity contribution is 5.92. The SMILES string of the molecule is COC(=O)C[C@@H](O)C(=O)N1CCN(c2nc(-c3ccccc3O)nc3cc(C)ccc23)CC1. The van der Waals surface area contributed by atoms with Crippen molar-refractivity contribution in [3.05, 3.63) is 48.0 Å². The summed E-state index contributed by atoms with van der Waals surface area (Å²) in [4.78, 5) is 37.0. The van der Waals surface area contributed by atoms with Gasteiger partial charge >= 0.3 is 5.97 Å². The molecule has 1 atom stereocenters.